The maximum Gasteiger partial charge on any atom is 0.120 e. The second-order valence-electron chi connectivity index (χ2n) is 4.08. The lowest BCUT2D eigenvalue weighted by atomic mass is 10.2. The van der Waals surface area contributed by atoms with Crippen molar-refractivity contribution in [2.24, 2.45) is 5.10 Å². The van der Waals surface area contributed by atoms with Crippen molar-refractivity contribution in [3.8, 4) is 0 Å². The fraction of sp³-hybridized carbons (Fsp3) is 0.143. The number of nitrogens with zero attached hydrogens (tertiary/aromatic N) is 2. The molecule has 3 rings (SSSR count). The topological polar surface area (TPSA) is 37.3 Å². The summed E-state index contributed by atoms with van der Waals surface area (Å²) in [6, 6.07) is 14.4. The number of thioether (sulfide) groups is 1. The Labute approximate surface area is 110 Å². The summed E-state index contributed by atoms with van der Waals surface area (Å²) in [7, 11) is 0. The van der Waals surface area contributed by atoms with Crippen molar-refractivity contribution in [2.75, 3.05) is 0 Å². The summed E-state index contributed by atoms with van der Waals surface area (Å²) in [6.45, 7) is 0. The van der Waals surface area contributed by atoms with Crippen LogP contribution in [0.3, 0.4) is 0 Å². The molecule has 1 atom stereocenters. The highest BCUT2D eigenvalue weighted by atomic mass is 32.2. The van der Waals surface area contributed by atoms with Crippen LogP contribution in [0.4, 0.5) is 0 Å². The second-order valence-corrected chi connectivity index (χ2v) is 5.25. The molecule has 0 radical (unpaired) electrons. The SMILES string of the molecule is c1ccc(CC2=NN[C@H](c3ccncc3)S2)cc1. The summed E-state index contributed by atoms with van der Waals surface area (Å²) in [5.74, 6) is 0. The summed E-state index contributed by atoms with van der Waals surface area (Å²) >= 11 is 1.77. The first-order valence-corrected chi connectivity index (χ1v) is 6.72. The highest BCUT2D eigenvalue weighted by Crippen LogP contribution is 2.32. The molecule has 0 saturated carbocycles. The second kappa shape index (κ2) is 5.23. The van der Waals surface area contributed by atoms with Crippen molar-refractivity contribution in [3.63, 3.8) is 0 Å². The molecule has 1 N–H and O–H groups in total. The number of hydrogen-bond acceptors (Lipinski definition) is 4. The molecule has 0 saturated heterocycles. The average molecular weight is 255 g/mol. The van der Waals surface area contributed by atoms with Crippen molar-refractivity contribution in [1.82, 2.24) is 10.4 Å². The Morgan fingerprint density at radius 1 is 1.06 bits per heavy atom. The third-order valence-corrected chi connectivity index (χ3v) is 3.89. The highest BCUT2D eigenvalue weighted by molar-refractivity contribution is 8.14. The van der Waals surface area contributed by atoms with E-state index in [1.165, 1.54) is 11.1 Å². The first-order valence-electron chi connectivity index (χ1n) is 5.84. The average Bonchev–Trinajstić information content (AvgIpc) is 2.89. The van der Waals surface area contributed by atoms with E-state index in [1.54, 1.807) is 11.8 Å². The molecular formula is C14H13N3S. The van der Waals surface area contributed by atoms with Crippen LogP contribution in [0, 0.1) is 0 Å². The molecule has 4 heteroatoms. The lowest BCUT2D eigenvalue weighted by Gasteiger charge is -2.08. The zero-order valence-electron chi connectivity index (χ0n) is 9.78. The van der Waals surface area contributed by atoms with Crippen LogP contribution in [0.2, 0.25) is 0 Å². The third-order valence-electron chi connectivity index (χ3n) is 2.77. The number of rotatable bonds is 3. The molecule has 2 heterocycles. The van der Waals surface area contributed by atoms with E-state index in [4.69, 9.17) is 0 Å². The van der Waals surface area contributed by atoms with Gasteiger partial charge in [-0.1, -0.05) is 42.1 Å². The normalized spacial score (nSPS) is 18.2. The van der Waals surface area contributed by atoms with Gasteiger partial charge < -0.3 is 0 Å². The molecule has 0 bridgehead atoms. The molecule has 0 aliphatic carbocycles. The zero-order valence-corrected chi connectivity index (χ0v) is 10.6. The van der Waals surface area contributed by atoms with E-state index < -0.39 is 0 Å². The largest absolute Gasteiger partial charge is 0.291 e. The number of nitrogens with one attached hydrogen (secondary N) is 1. The van der Waals surface area contributed by atoms with Crippen molar-refractivity contribution in [1.29, 1.82) is 0 Å². The molecule has 0 unspecified atom stereocenters. The van der Waals surface area contributed by atoms with Crippen molar-refractivity contribution in [3.05, 3.63) is 66.0 Å². The zero-order chi connectivity index (χ0) is 12.2. The van der Waals surface area contributed by atoms with Gasteiger partial charge in [-0.3, -0.25) is 10.4 Å². The first kappa shape index (κ1) is 11.3. The van der Waals surface area contributed by atoms with Gasteiger partial charge in [0, 0.05) is 18.8 Å². The van der Waals surface area contributed by atoms with Gasteiger partial charge in [-0.15, -0.1) is 0 Å². The molecule has 0 spiro atoms. The predicted molar refractivity (Wildman–Crippen MR) is 75.3 cm³/mol. The van der Waals surface area contributed by atoms with Gasteiger partial charge in [0.15, 0.2) is 0 Å². The smallest absolute Gasteiger partial charge is 0.120 e. The highest BCUT2D eigenvalue weighted by Gasteiger charge is 2.20. The van der Waals surface area contributed by atoms with Gasteiger partial charge >= 0.3 is 0 Å². The Bertz CT molecular complexity index is 539. The Morgan fingerprint density at radius 2 is 1.83 bits per heavy atom. The van der Waals surface area contributed by atoms with Gasteiger partial charge in [0.05, 0.1) is 5.04 Å². The summed E-state index contributed by atoms with van der Waals surface area (Å²) < 4.78 is 0. The molecule has 1 aliphatic heterocycles. The van der Waals surface area contributed by atoms with Gasteiger partial charge in [-0.05, 0) is 23.3 Å². The maximum absolute atomic E-state index is 4.40. The molecule has 1 aromatic heterocycles. The molecule has 3 nitrogen and oxygen atoms in total. The minimum absolute atomic E-state index is 0.215. The van der Waals surface area contributed by atoms with Crippen LogP contribution >= 0.6 is 11.8 Å². The van der Waals surface area contributed by atoms with Crippen molar-refractivity contribution < 1.29 is 0 Å². The Kier molecular flexibility index (Phi) is 3.28. The van der Waals surface area contributed by atoms with E-state index in [2.05, 4.69) is 39.8 Å². The van der Waals surface area contributed by atoms with E-state index >= 15 is 0 Å². The predicted octanol–water partition coefficient (Wildman–Crippen LogP) is 2.97. The number of pyridine rings is 1. The molecule has 2 aromatic rings. The van der Waals surface area contributed by atoms with E-state index in [1.807, 2.05) is 30.6 Å². The molecule has 1 aliphatic rings. The summed E-state index contributed by atoms with van der Waals surface area (Å²) in [4.78, 5) is 4.03. The van der Waals surface area contributed by atoms with Crippen LogP contribution in [0.15, 0.2) is 60.0 Å². The van der Waals surface area contributed by atoms with Gasteiger partial charge in [-0.2, -0.15) is 5.10 Å². The number of aromatic nitrogens is 1. The van der Waals surface area contributed by atoms with Crippen LogP contribution in [0.25, 0.3) is 0 Å². The first-order chi connectivity index (χ1) is 8.92. The number of benzene rings is 1. The Morgan fingerprint density at radius 3 is 2.61 bits per heavy atom. The minimum atomic E-state index is 0.215. The van der Waals surface area contributed by atoms with Crippen LogP contribution in [-0.4, -0.2) is 10.0 Å². The maximum atomic E-state index is 4.40. The number of hydrogen-bond donors (Lipinski definition) is 1. The standard InChI is InChI=1S/C14H13N3S/c1-2-4-11(5-3-1)10-13-16-17-14(18-13)12-6-8-15-9-7-12/h1-9,14,17H,10H2/t14-/m0/s1. The third kappa shape index (κ3) is 2.54. The van der Waals surface area contributed by atoms with Crippen LogP contribution in [0.5, 0.6) is 0 Å². The van der Waals surface area contributed by atoms with Crippen LogP contribution in [-0.2, 0) is 6.42 Å². The monoisotopic (exact) mass is 255 g/mol. The van der Waals surface area contributed by atoms with Gasteiger partial charge in [-0.25, -0.2) is 0 Å². The van der Waals surface area contributed by atoms with E-state index in [-0.39, 0.29) is 5.37 Å². The van der Waals surface area contributed by atoms with Crippen LogP contribution < -0.4 is 5.43 Å². The summed E-state index contributed by atoms with van der Waals surface area (Å²) in [5, 5.41) is 5.74. The van der Waals surface area contributed by atoms with Gasteiger partial charge in [0.25, 0.3) is 0 Å². The van der Waals surface area contributed by atoms with E-state index in [0.717, 1.165) is 11.5 Å². The molecule has 0 fully saturated rings. The van der Waals surface area contributed by atoms with E-state index in [9.17, 15) is 0 Å². The number of hydrazone groups is 1. The summed E-state index contributed by atoms with van der Waals surface area (Å²) in [6.07, 6.45) is 4.51. The molecule has 18 heavy (non-hydrogen) atoms. The molecule has 1 aromatic carbocycles. The minimum Gasteiger partial charge on any atom is -0.291 e. The molecular weight excluding hydrogens is 242 g/mol. The summed E-state index contributed by atoms with van der Waals surface area (Å²) in [5.41, 5.74) is 5.67. The van der Waals surface area contributed by atoms with E-state index in [0.29, 0.717) is 0 Å². The fourth-order valence-electron chi connectivity index (χ4n) is 1.85. The quantitative estimate of drug-likeness (QED) is 0.916. The Balaban J connectivity index is 1.65. The van der Waals surface area contributed by atoms with Gasteiger partial charge in [0.2, 0.25) is 0 Å². The lowest BCUT2D eigenvalue weighted by Crippen LogP contribution is -2.06. The molecule has 90 valence electrons. The van der Waals surface area contributed by atoms with Gasteiger partial charge in [0.1, 0.15) is 5.37 Å². The van der Waals surface area contributed by atoms with Crippen molar-refractivity contribution in [2.45, 2.75) is 11.8 Å². The Hall–Kier alpha value is -1.81. The lowest BCUT2D eigenvalue weighted by molar-refractivity contribution is 0.741. The van der Waals surface area contributed by atoms with Crippen molar-refractivity contribution >= 4 is 16.8 Å². The van der Waals surface area contributed by atoms with Crippen LogP contribution in [0.1, 0.15) is 16.5 Å². The molecule has 0 amide bonds. The fourth-order valence-corrected chi connectivity index (χ4v) is 2.88.